The predicted molar refractivity (Wildman–Crippen MR) is 130 cm³/mol. The Labute approximate surface area is 225 Å². The van der Waals surface area contributed by atoms with Gasteiger partial charge >= 0.3 is 5.69 Å². The van der Waals surface area contributed by atoms with Crippen LogP contribution in [0.3, 0.4) is 0 Å². The number of aliphatic hydroxyl groups excluding tert-OH is 3. The molecule has 8 N–H and O–H groups in total. The molecule has 1 aromatic heterocycles. The molecule has 3 aliphatic rings. The van der Waals surface area contributed by atoms with E-state index in [1.807, 2.05) is 4.98 Å². The number of carbonyl (C=O) groups is 3. The Balaban J connectivity index is 1.52. The van der Waals surface area contributed by atoms with Gasteiger partial charge in [-0.05, 0) is 25.3 Å². The summed E-state index contributed by atoms with van der Waals surface area (Å²) in [6.45, 7) is 0.470. The van der Waals surface area contributed by atoms with Crippen LogP contribution in [0.2, 0.25) is 0 Å². The van der Waals surface area contributed by atoms with Crippen molar-refractivity contribution in [3.8, 4) is 0 Å². The zero-order valence-corrected chi connectivity index (χ0v) is 21.3. The van der Waals surface area contributed by atoms with Gasteiger partial charge in [0.2, 0.25) is 18.1 Å². The van der Waals surface area contributed by atoms with Crippen molar-refractivity contribution in [1.29, 1.82) is 0 Å². The number of ether oxygens (including phenoxy) is 4. The molecule has 2 saturated heterocycles. The number of amides is 3. The quantitative estimate of drug-likeness (QED) is 0.156. The lowest BCUT2D eigenvalue weighted by molar-refractivity contribution is -0.241. The molecule has 0 aromatic carbocycles. The number of methoxy groups -OCH3 is 1. The van der Waals surface area contributed by atoms with E-state index >= 15 is 0 Å². The summed E-state index contributed by atoms with van der Waals surface area (Å²) in [6.07, 6.45) is -9.13. The van der Waals surface area contributed by atoms with E-state index in [0.29, 0.717) is 19.4 Å². The third-order valence-corrected chi connectivity index (χ3v) is 6.76. The number of aromatic amines is 1. The number of H-pyrrole nitrogens is 1. The van der Waals surface area contributed by atoms with Gasteiger partial charge in [0, 0.05) is 25.9 Å². The van der Waals surface area contributed by atoms with Crippen molar-refractivity contribution in [2.75, 3.05) is 13.7 Å². The Morgan fingerprint density at radius 3 is 2.62 bits per heavy atom. The highest BCUT2D eigenvalue weighted by atomic mass is 16.7. The molecular weight excluding hydrogens is 538 g/mol. The summed E-state index contributed by atoms with van der Waals surface area (Å²) in [5.41, 5.74) is 3.91. The number of nitrogens with zero attached hydrogens (tertiary/aromatic N) is 1. The van der Waals surface area contributed by atoms with Gasteiger partial charge in [-0.15, -0.1) is 0 Å². The Kier molecular flexibility index (Phi) is 9.02. The molecule has 4 rings (SSSR count). The molecule has 17 heteroatoms. The molecule has 3 aliphatic heterocycles. The number of nitrogens with two attached hydrogens (primary N) is 1. The normalized spacial score (nSPS) is 33.2. The number of carbonyl (C=O) groups excluding carboxylic acids is 3. The molecule has 0 aliphatic carbocycles. The van der Waals surface area contributed by atoms with Crippen LogP contribution in [-0.4, -0.2) is 105 Å². The molecular formula is C23H31N5O12. The maximum Gasteiger partial charge on any atom is 0.330 e. The molecule has 3 amide bonds. The minimum Gasteiger partial charge on any atom is -0.456 e. The number of aliphatic hydroxyl groups is 3. The van der Waals surface area contributed by atoms with E-state index in [4.69, 9.17) is 24.7 Å². The van der Waals surface area contributed by atoms with Crippen LogP contribution in [0, 0.1) is 0 Å². The maximum atomic E-state index is 12.8. The Hall–Kier alpha value is -3.61. The van der Waals surface area contributed by atoms with E-state index in [0.717, 1.165) is 29.3 Å². The van der Waals surface area contributed by atoms with Gasteiger partial charge in [-0.1, -0.05) is 0 Å². The molecule has 17 nitrogen and oxygen atoms in total. The lowest BCUT2D eigenvalue weighted by Gasteiger charge is -2.35. The van der Waals surface area contributed by atoms with Gasteiger partial charge in [-0.25, -0.2) is 4.79 Å². The lowest BCUT2D eigenvalue weighted by atomic mass is 10.0. The van der Waals surface area contributed by atoms with Gasteiger partial charge in [-0.3, -0.25) is 28.7 Å². The average molecular weight is 570 g/mol. The first-order valence-corrected chi connectivity index (χ1v) is 12.5. The monoisotopic (exact) mass is 569 g/mol. The Morgan fingerprint density at radius 2 is 1.95 bits per heavy atom. The molecule has 0 saturated carbocycles. The SMILES string of the molecule is COC1C(O)C(n2ccc(=O)[nH]c2=O)OC1[C@@H](O[C@H]1OC(C(=O)NC2CCCCNC2=O)=CC(O)C1O)C(N)=O. The third-order valence-electron chi connectivity index (χ3n) is 6.76. The van der Waals surface area contributed by atoms with Crippen LogP contribution in [0.5, 0.6) is 0 Å². The molecule has 220 valence electrons. The highest BCUT2D eigenvalue weighted by molar-refractivity contribution is 5.95. The second-order valence-corrected chi connectivity index (χ2v) is 9.47. The summed E-state index contributed by atoms with van der Waals surface area (Å²) in [5, 5.41) is 36.8. The van der Waals surface area contributed by atoms with Crippen LogP contribution in [0.15, 0.2) is 33.7 Å². The number of nitrogens with one attached hydrogen (secondary N) is 3. The topological polar surface area (TPSA) is 254 Å². The number of hydrogen-bond donors (Lipinski definition) is 7. The van der Waals surface area contributed by atoms with E-state index in [1.54, 1.807) is 0 Å². The van der Waals surface area contributed by atoms with Gasteiger partial charge in [-0.2, -0.15) is 0 Å². The summed E-state index contributed by atoms with van der Waals surface area (Å²) in [4.78, 5) is 63.2. The smallest absolute Gasteiger partial charge is 0.330 e. The molecule has 0 radical (unpaired) electrons. The number of primary amides is 1. The van der Waals surface area contributed by atoms with Crippen molar-refractivity contribution in [3.05, 3.63) is 44.9 Å². The van der Waals surface area contributed by atoms with Crippen molar-refractivity contribution in [1.82, 2.24) is 20.2 Å². The van der Waals surface area contributed by atoms with Crippen molar-refractivity contribution in [3.63, 3.8) is 0 Å². The molecule has 1 aromatic rings. The molecule has 4 heterocycles. The number of hydrogen-bond acceptors (Lipinski definition) is 12. The molecule has 0 spiro atoms. The average Bonchev–Trinajstić information content (AvgIpc) is 3.08. The fourth-order valence-corrected chi connectivity index (χ4v) is 4.69. The van der Waals surface area contributed by atoms with Crippen LogP contribution in [0.4, 0.5) is 0 Å². The summed E-state index contributed by atoms with van der Waals surface area (Å²) in [5.74, 6) is -2.91. The van der Waals surface area contributed by atoms with Gasteiger partial charge in [0.05, 0.1) is 0 Å². The van der Waals surface area contributed by atoms with Crippen LogP contribution in [-0.2, 0) is 33.3 Å². The maximum absolute atomic E-state index is 12.8. The van der Waals surface area contributed by atoms with E-state index in [2.05, 4.69) is 10.6 Å². The fraction of sp³-hybridized carbons (Fsp3) is 0.609. The first kappa shape index (κ1) is 29.4. The molecule has 7 unspecified atom stereocenters. The van der Waals surface area contributed by atoms with E-state index < -0.39 is 84.0 Å². The van der Waals surface area contributed by atoms with E-state index in [1.165, 1.54) is 7.11 Å². The Bertz CT molecular complexity index is 1260. The predicted octanol–water partition coefficient (Wildman–Crippen LogP) is -4.57. The van der Waals surface area contributed by atoms with Gasteiger partial charge in [0.15, 0.2) is 18.1 Å². The van der Waals surface area contributed by atoms with E-state index in [-0.39, 0.29) is 5.91 Å². The summed E-state index contributed by atoms with van der Waals surface area (Å²) in [6, 6.07) is 0.158. The zero-order chi connectivity index (χ0) is 29.1. The lowest BCUT2D eigenvalue weighted by Crippen LogP contribution is -2.54. The van der Waals surface area contributed by atoms with Gasteiger partial charge in [0.25, 0.3) is 11.5 Å². The van der Waals surface area contributed by atoms with Gasteiger partial charge in [0.1, 0.15) is 36.6 Å². The minimum absolute atomic E-state index is 0.374. The van der Waals surface area contributed by atoms with Crippen molar-refractivity contribution >= 4 is 17.7 Å². The molecule has 0 bridgehead atoms. The summed E-state index contributed by atoms with van der Waals surface area (Å²) in [7, 11) is 1.19. The molecule has 9 atom stereocenters. The standard InChI is InChI=1S/C23H31N5O12/c1-37-15-14(32)21(28-7-5-12(30)27-23(28)36)39-16(15)17(18(24)33)40-22-13(31)10(29)8-11(38-22)20(35)26-9-4-2-3-6-25-19(9)34/h5,7-10,13-17,21-22,29,31-32H,2-4,6H2,1H3,(H2,24,33)(H,25,34)(H,26,35)(H,27,30,36)/t9?,10?,13?,14?,15?,16?,17-,21?,22-/m1/s1. The highest BCUT2D eigenvalue weighted by Crippen LogP contribution is 2.34. The number of rotatable bonds is 8. The Morgan fingerprint density at radius 1 is 1.20 bits per heavy atom. The third kappa shape index (κ3) is 6.08. The largest absolute Gasteiger partial charge is 0.456 e. The van der Waals surface area contributed by atoms with Crippen molar-refractivity contribution < 1.29 is 48.7 Å². The van der Waals surface area contributed by atoms with Gasteiger partial charge < -0.3 is 50.6 Å². The minimum atomic E-state index is -1.84. The van der Waals surface area contributed by atoms with Crippen LogP contribution >= 0.6 is 0 Å². The van der Waals surface area contributed by atoms with Crippen LogP contribution in [0.25, 0.3) is 0 Å². The van der Waals surface area contributed by atoms with Crippen LogP contribution in [0.1, 0.15) is 25.5 Å². The fourth-order valence-electron chi connectivity index (χ4n) is 4.69. The first-order chi connectivity index (χ1) is 19.0. The number of aromatic nitrogens is 2. The van der Waals surface area contributed by atoms with Crippen molar-refractivity contribution in [2.24, 2.45) is 5.73 Å². The molecule has 2 fully saturated rings. The van der Waals surface area contributed by atoms with E-state index in [9.17, 15) is 39.3 Å². The summed E-state index contributed by atoms with van der Waals surface area (Å²) < 4.78 is 22.9. The first-order valence-electron chi connectivity index (χ1n) is 12.5. The summed E-state index contributed by atoms with van der Waals surface area (Å²) >= 11 is 0. The highest BCUT2D eigenvalue weighted by Gasteiger charge is 2.52. The molecule has 40 heavy (non-hydrogen) atoms. The second kappa shape index (κ2) is 12.3. The van der Waals surface area contributed by atoms with Crippen molar-refractivity contribution in [2.45, 2.75) is 74.4 Å². The second-order valence-electron chi connectivity index (χ2n) is 9.47. The van der Waals surface area contributed by atoms with Crippen LogP contribution < -0.4 is 27.6 Å². The zero-order valence-electron chi connectivity index (χ0n) is 21.3.